The zero-order valence-electron chi connectivity index (χ0n) is 17.6. The molecule has 1 aromatic carbocycles. The molecule has 0 bridgehead atoms. The zero-order valence-corrected chi connectivity index (χ0v) is 18.5. The molecule has 2 aromatic rings. The number of hydrogen-bond acceptors (Lipinski definition) is 9. The highest BCUT2D eigenvalue weighted by Gasteiger charge is 2.48. The van der Waals surface area contributed by atoms with Crippen LogP contribution in [0.15, 0.2) is 23.3 Å². The van der Waals surface area contributed by atoms with Gasteiger partial charge in [0.25, 0.3) is 11.5 Å². The van der Waals surface area contributed by atoms with Crippen LogP contribution in [0.5, 0.6) is 0 Å². The summed E-state index contributed by atoms with van der Waals surface area (Å²) in [6.07, 6.45) is 0.833. The minimum Gasteiger partial charge on any atom is -0.417 e. The van der Waals surface area contributed by atoms with Crippen molar-refractivity contribution in [2.75, 3.05) is 5.43 Å². The number of carbonyl (C=O) groups excluding carboxylic acids is 3. The summed E-state index contributed by atoms with van der Waals surface area (Å²) in [4.78, 5) is 41.0. The Bertz CT molecular complexity index is 993. The fourth-order valence-corrected chi connectivity index (χ4v) is 4.27. The second kappa shape index (κ2) is 8.51. The van der Waals surface area contributed by atoms with Gasteiger partial charge in [-0.2, -0.15) is 5.10 Å². The number of hydrazone groups is 1. The lowest BCUT2D eigenvalue weighted by atomic mass is 9.93. The summed E-state index contributed by atoms with van der Waals surface area (Å²) in [5, 5.41) is 4.27. The average molecular weight is 432 g/mol. The Morgan fingerprint density at radius 2 is 1.73 bits per heavy atom. The molecule has 1 aliphatic rings. The minimum atomic E-state index is -1.27. The van der Waals surface area contributed by atoms with E-state index in [4.69, 9.17) is 9.47 Å². The van der Waals surface area contributed by atoms with Crippen LogP contribution in [0.3, 0.4) is 0 Å². The van der Waals surface area contributed by atoms with Gasteiger partial charge in [-0.15, -0.1) is 0 Å². The van der Waals surface area contributed by atoms with Crippen molar-refractivity contribution in [3.8, 4) is 0 Å². The fourth-order valence-electron chi connectivity index (χ4n) is 3.42. The van der Waals surface area contributed by atoms with Crippen LogP contribution in [0.2, 0.25) is 0 Å². The molecule has 0 radical (unpaired) electrons. The Labute approximate surface area is 178 Å². The highest BCUT2D eigenvalue weighted by atomic mass is 32.1. The van der Waals surface area contributed by atoms with Crippen molar-refractivity contribution in [3.63, 3.8) is 0 Å². The number of esters is 2. The number of hydrogen-bond donors (Lipinski definition) is 1. The maximum absolute atomic E-state index is 12.5. The summed E-state index contributed by atoms with van der Waals surface area (Å²) in [5.74, 6) is -2.61. The topological polar surface area (TPSA) is 107 Å². The Kier molecular flexibility index (Phi) is 6.21. The highest BCUT2D eigenvalue weighted by molar-refractivity contribution is 7.22. The molecule has 0 atom stereocenters. The van der Waals surface area contributed by atoms with E-state index in [0.29, 0.717) is 29.1 Å². The van der Waals surface area contributed by atoms with Gasteiger partial charge in [-0.3, -0.25) is 10.2 Å². The van der Waals surface area contributed by atoms with Crippen molar-refractivity contribution < 1.29 is 23.9 Å². The number of fused-ring (bicyclic) bond motifs is 1. The fraction of sp³-hybridized carbons (Fsp3) is 0.476. The number of benzene rings is 1. The van der Waals surface area contributed by atoms with Gasteiger partial charge < -0.3 is 9.47 Å². The first-order valence-corrected chi connectivity index (χ1v) is 10.6. The van der Waals surface area contributed by atoms with E-state index in [2.05, 4.69) is 15.5 Å². The predicted octanol–water partition coefficient (Wildman–Crippen LogP) is 4.16. The molecule has 0 aliphatic carbocycles. The lowest BCUT2D eigenvalue weighted by Gasteiger charge is -2.38. The largest absolute Gasteiger partial charge is 0.417 e. The summed E-state index contributed by atoms with van der Waals surface area (Å²) >= 11 is 1.25. The number of cyclic esters (lactones) is 2. The summed E-state index contributed by atoms with van der Waals surface area (Å²) in [7, 11) is 0. The Morgan fingerprint density at radius 1 is 1.13 bits per heavy atom. The minimum absolute atomic E-state index is 0.0426. The number of anilines is 1. The van der Waals surface area contributed by atoms with Crippen LogP contribution in [0.1, 0.15) is 57.8 Å². The third-order valence-corrected chi connectivity index (χ3v) is 5.36. The first-order valence-electron chi connectivity index (χ1n) is 9.80. The van der Waals surface area contributed by atoms with Gasteiger partial charge in [0.05, 0.1) is 10.2 Å². The number of nitrogens with zero attached hydrogens (tertiary/aromatic N) is 2. The average Bonchev–Trinajstić information content (AvgIpc) is 3.01. The van der Waals surface area contributed by atoms with Crippen LogP contribution < -0.4 is 5.43 Å². The number of nitrogens with one attached hydrogen (secondary N) is 1. The lowest BCUT2D eigenvalue weighted by Crippen LogP contribution is -2.52. The van der Waals surface area contributed by atoms with E-state index in [-0.39, 0.29) is 17.6 Å². The smallest absolute Gasteiger partial charge is 0.369 e. The van der Waals surface area contributed by atoms with E-state index in [1.807, 2.05) is 27.7 Å². The Morgan fingerprint density at radius 3 is 2.27 bits per heavy atom. The zero-order chi connectivity index (χ0) is 22.1. The van der Waals surface area contributed by atoms with Gasteiger partial charge in [0.2, 0.25) is 5.13 Å². The third-order valence-electron chi connectivity index (χ3n) is 4.44. The number of carbonyl (C=O) groups is 3. The van der Waals surface area contributed by atoms with Gasteiger partial charge in [-0.05, 0) is 37.0 Å². The number of ketones is 1. The third kappa shape index (κ3) is 4.84. The van der Waals surface area contributed by atoms with E-state index in [1.54, 1.807) is 18.2 Å². The molecule has 9 heteroatoms. The van der Waals surface area contributed by atoms with Crippen molar-refractivity contribution in [2.24, 2.45) is 16.9 Å². The van der Waals surface area contributed by atoms with Gasteiger partial charge >= 0.3 is 11.9 Å². The number of ether oxygens (including phenoxy) is 2. The van der Waals surface area contributed by atoms with Crippen LogP contribution in [-0.4, -0.2) is 34.2 Å². The molecule has 0 spiro atoms. The summed E-state index contributed by atoms with van der Waals surface area (Å²) in [6.45, 7) is 9.38. The molecule has 30 heavy (non-hydrogen) atoms. The predicted molar refractivity (Wildman–Crippen MR) is 115 cm³/mol. The van der Waals surface area contributed by atoms with E-state index >= 15 is 0 Å². The lowest BCUT2D eigenvalue weighted by molar-refractivity contribution is -0.238. The molecule has 3 rings (SSSR count). The van der Waals surface area contributed by atoms with E-state index in [9.17, 15) is 14.4 Å². The molecule has 1 aliphatic heterocycles. The first kappa shape index (κ1) is 21.9. The van der Waals surface area contributed by atoms with Crippen molar-refractivity contribution in [3.05, 3.63) is 23.8 Å². The van der Waals surface area contributed by atoms with Gasteiger partial charge in [0, 0.05) is 18.4 Å². The second-order valence-electron chi connectivity index (χ2n) is 8.22. The molecule has 2 heterocycles. The molecular formula is C21H25N3O5S. The maximum Gasteiger partial charge on any atom is 0.369 e. The molecule has 8 nitrogen and oxygen atoms in total. The molecule has 0 amide bonds. The van der Waals surface area contributed by atoms with Crippen molar-refractivity contribution >= 4 is 50.1 Å². The number of Topliss-reactive ketones (excluding diaryl/α,β-unsaturated/α-hetero) is 1. The Balaban J connectivity index is 1.79. The van der Waals surface area contributed by atoms with Gasteiger partial charge in [-0.25, -0.2) is 14.6 Å². The summed E-state index contributed by atoms with van der Waals surface area (Å²) in [6, 6.07) is 5.16. The normalized spacial score (nSPS) is 16.0. The molecule has 0 unspecified atom stereocenters. The summed E-state index contributed by atoms with van der Waals surface area (Å²) < 4.78 is 11.9. The monoisotopic (exact) mass is 431 g/mol. The van der Waals surface area contributed by atoms with Gasteiger partial charge in [-0.1, -0.05) is 39.0 Å². The van der Waals surface area contributed by atoms with Crippen molar-refractivity contribution in [2.45, 2.75) is 53.2 Å². The van der Waals surface area contributed by atoms with Gasteiger partial charge in [0.1, 0.15) is 0 Å². The van der Waals surface area contributed by atoms with E-state index in [0.717, 1.165) is 4.70 Å². The van der Waals surface area contributed by atoms with Crippen LogP contribution in [0.25, 0.3) is 10.2 Å². The molecular weight excluding hydrogens is 406 g/mol. The number of thiazole rings is 1. The summed E-state index contributed by atoms with van der Waals surface area (Å²) in [5.41, 5.74) is 3.43. The Hall–Kier alpha value is -2.81. The molecule has 0 saturated carbocycles. The van der Waals surface area contributed by atoms with Crippen molar-refractivity contribution in [1.29, 1.82) is 0 Å². The number of aromatic nitrogens is 1. The van der Waals surface area contributed by atoms with Crippen LogP contribution >= 0.6 is 11.3 Å². The van der Waals surface area contributed by atoms with E-state index < -0.39 is 23.4 Å². The number of rotatable bonds is 7. The highest BCUT2D eigenvalue weighted by Crippen LogP contribution is 2.33. The van der Waals surface area contributed by atoms with Crippen LogP contribution in [0.4, 0.5) is 5.13 Å². The standard InChI is InChI=1S/C21H25N3O5S/c1-11(2)9-21(10-12(3)4)28-18(26)17(19(27)29-21)23-24-20-22-15-7-6-14(13(5)25)8-16(15)30-20/h6-8,11-12H,9-10H2,1-5H3,(H,22,24). The quantitative estimate of drug-likeness (QED) is 0.398. The van der Waals surface area contributed by atoms with Crippen LogP contribution in [0, 0.1) is 11.8 Å². The molecule has 1 saturated heterocycles. The molecule has 1 N–H and O–H groups in total. The van der Waals surface area contributed by atoms with Crippen LogP contribution in [-0.2, 0) is 19.1 Å². The molecule has 160 valence electrons. The second-order valence-corrected chi connectivity index (χ2v) is 9.25. The molecule has 1 fully saturated rings. The van der Waals surface area contributed by atoms with Crippen molar-refractivity contribution in [1.82, 2.24) is 4.98 Å². The SMILES string of the molecule is CC(=O)c1ccc2nc(NN=C3C(=O)OC(CC(C)C)(CC(C)C)OC3=O)sc2c1. The van der Waals surface area contributed by atoms with Gasteiger partial charge in [0.15, 0.2) is 5.78 Å². The van der Waals surface area contributed by atoms with E-state index in [1.165, 1.54) is 18.3 Å². The molecule has 1 aromatic heterocycles. The maximum atomic E-state index is 12.5. The first-order chi connectivity index (χ1) is 14.1.